The normalized spacial score (nSPS) is 10.7. The first-order valence-corrected chi connectivity index (χ1v) is 7.07. The van der Waals surface area contributed by atoms with Crippen molar-refractivity contribution in [3.05, 3.63) is 46.4 Å². The van der Waals surface area contributed by atoms with Crippen molar-refractivity contribution in [3.8, 4) is 0 Å². The fraction of sp³-hybridized carbons (Fsp3) is 0.312. The van der Waals surface area contributed by atoms with Crippen LogP contribution in [-0.4, -0.2) is 29.5 Å². The molecule has 0 bridgehead atoms. The molecule has 0 fully saturated rings. The molecule has 1 heterocycles. The Balaban J connectivity index is 2.01. The first-order chi connectivity index (χ1) is 10.5. The van der Waals surface area contributed by atoms with Crippen LogP contribution < -0.4 is 10.9 Å². The summed E-state index contributed by atoms with van der Waals surface area (Å²) in [6.07, 6.45) is -0.0955. The number of esters is 1. The Morgan fingerprint density at radius 3 is 2.73 bits per heavy atom. The molecule has 1 aromatic carbocycles. The van der Waals surface area contributed by atoms with Crippen LogP contribution in [0.3, 0.4) is 0 Å². The number of benzene rings is 1. The molecule has 2 aromatic rings. The molecule has 0 unspecified atom stereocenters. The SMILES string of the molecule is CC(C)OC(=O)CCNC(=O)c1cc2ccccc2c(=O)[nH]1. The van der Waals surface area contributed by atoms with Crippen molar-refractivity contribution in [2.24, 2.45) is 0 Å². The minimum absolute atomic E-state index is 0.0851. The highest BCUT2D eigenvalue weighted by atomic mass is 16.5. The third kappa shape index (κ3) is 3.94. The lowest BCUT2D eigenvalue weighted by molar-refractivity contribution is -0.147. The average Bonchev–Trinajstić information content (AvgIpc) is 2.46. The van der Waals surface area contributed by atoms with Crippen molar-refractivity contribution in [2.45, 2.75) is 26.4 Å². The number of pyridine rings is 1. The molecule has 22 heavy (non-hydrogen) atoms. The maximum atomic E-state index is 12.0. The number of fused-ring (bicyclic) bond motifs is 1. The van der Waals surface area contributed by atoms with Crippen molar-refractivity contribution in [3.63, 3.8) is 0 Å². The fourth-order valence-electron chi connectivity index (χ4n) is 2.03. The van der Waals surface area contributed by atoms with Gasteiger partial charge in [0.1, 0.15) is 5.69 Å². The number of nitrogens with one attached hydrogen (secondary N) is 2. The molecule has 2 N–H and O–H groups in total. The van der Waals surface area contributed by atoms with Gasteiger partial charge in [-0.05, 0) is 31.4 Å². The number of H-pyrrole nitrogens is 1. The summed E-state index contributed by atoms with van der Waals surface area (Å²) in [4.78, 5) is 37.8. The number of aromatic amines is 1. The van der Waals surface area contributed by atoms with Gasteiger partial charge in [-0.1, -0.05) is 18.2 Å². The standard InChI is InChI=1S/C16H18N2O4/c1-10(2)22-14(19)7-8-17-16(21)13-9-11-5-3-4-6-12(11)15(20)18-13/h3-6,9-10H,7-8H2,1-2H3,(H,17,21)(H,18,20). The lowest BCUT2D eigenvalue weighted by Gasteiger charge is -2.08. The molecule has 0 spiro atoms. The van der Waals surface area contributed by atoms with E-state index in [1.807, 2.05) is 0 Å². The molecule has 0 aliphatic carbocycles. The lowest BCUT2D eigenvalue weighted by atomic mass is 10.1. The zero-order valence-electron chi connectivity index (χ0n) is 12.5. The quantitative estimate of drug-likeness (QED) is 0.821. The van der Waals surface area contributed by atoms with E-state index in [-0.39, 0.29) is 36.3 Å². The van der Waals surface area contributed by atoms with Crippen molar-refractivity contribution >= 4 is 22.6 Å². The van der Waals surface area contributed by atoms with Gasteiger partial charge in [-0.3, -0.25) is 14.4 Å². The highest BCUT2D eigenvalue weighted by Crippen LogP contribution is 2.09. The van der Waals surface area contributed by atoms with Crippen LogP contribution in [0, 0.1) is 0 Å². The highest BCUT2D eigenvalue weighted by molar-refractivity contribution is 5.96. The number of rotatable bonds is 5. The van der Waals surface area contributed by atoms with E-state index in [2.05, 4.69) is 10.3 Å². The molecule has 1 aromatic heterocycles. The van der Waals surface area contributed by atoms with Gasteiger partial charge < -0.3 is 15.0 Å². The Bertz CT molecular complexity index is 749. The largest absolute Gasteiger partial charge is 0.463 e. The van der Waals surface area contributed by atoms with Gasteiger partial charge in [-0.2, -0.15) is 0 Å². The molecule has 6 nitrogen and oxygen atoms in total. The van der Waals surface area contributed by atoms with E-state index in [1.54, 1.807) is 44.2 Å². The van der Waals surface area contributed by atoms with Gasteiger partial charge in [0.05, 0.1) is 12.5 Å². The Morgan fingerprint density at radius 1 is 1.27 bits per heavy atom. The van der Waals surface area contributed by atoms with E-state index in [4.69, 9.17) is 4.74 Å². The zero-order valence-corrected chi connectivity index (χ0v) is 12.5. The maximum Gasteiger partial charge on any atom is 0.307 e. The summed E-state index contributed by atoms with van der Waals surface area (Å²) in [5, 5.41) is 3.80. The lowest BCUT2D eigenvalue weighted by Crippen LogP contribution is -2.29. The number of carbonyl (C=O) groups excluding carboxylic acids is 2. The van der Waals surface area contributed by atoms with Crippen molar-refractivity contribution < 1.29 is 14.3 Å². The van der Waals surface area contributed by atoms with Gasteiger partial charge in [-0.15, -0.1) is 0 Å². The Labute approximate surface area is 127 Å². The van der Waals surface area contributed by atoms with Crippen molar-refractivity contribution in [1.82, 2.24) is 10.3 Å². The van der Waals surface area contributed by atoms with Crippen LogP contribution in [0.4, 0.5) is 0 Å². The van der Waals surface area contributed by atoms with Crippen LogP contribution >= 0.6 is 0 Å². The molecule has 116 valence electrons. The minimum atomic E-state index is -0.430. The summed E-state index contributed by atoms with van der Waals surface area (Å²) in [6.45, 7) is 3.67. The molecule has 0 atom stereocenters. The van der Waals surface area contributed by atoms with Crippen LogP contribution in [0.1, 0.15) is 30.8 Å². The van der Waals surface area contributed by atoms with E-state index in [0.717, 1.165) is 0 Å². The molecular formula is C16H18N2O4. The number of hydrogen-bond acceptors (Lipinski definition) is 4. The summed E-state index contributed by atoms with van der Waals surface area (Å²) in [7, 11) is 0. The molecule has 0 aliphatic heterocycles. The summed E-state index contributed by atoms with van der Waals surface area (Å²) >= 11 is 0. The molecule has 0 saturated carbocycles. The number of ether oxygens (including phenoxy) is 1. The van der Waals surface area contributed by atoms with Crippen LogP contribution in [0.2, 0.25) is 0 Å². The van der Waals surface area contributed by atoms with E-state index < -0.39 is 5.91 Å². The number of amides is 1. The van der Waals surface area contributed by atoms with E-state index in [9.17, 15) is 14.4 Å². The second-order valence-electron chi connectivity index (χ2n) is 5.14. The Morgan fingerprint density at radius 2 is 2.00 bits per heavy atom. The van der Waals surface area contributed by atoms with Gasteiger partial charge in [0.15, 0.2) is 0 Å². The van der Waals surface area contributed by atoms with Gasteiger partial charge >= 0.3 is 5.97 Å². The van der Waals surface area contributed by atoms with Crippen LogP contribution in [0.25, 0.3) is 10.8 Å². The molecule has 1 amide bonds. The van der Waals surface area contributed by atoms with Crippen LogP contribution in [-0.2, 0) is 9.53 Å². The van der Waals surface area contributed by atoms with E-state index in [0.29, 0.717) is 10.8 Å². The van der Waals surface area contributed by atoms with E-state index in [1.165, 1.54) is 0 Å². The van der Waals surface area contributed by atoms with Gasteiger partial charge in [0, 0.05) is 11.9 Å². The maximum absolute atomic E-state index is 12.0. The molecule has 0 saturated heterocycles. The third-order valence-corrected chi connectivity index (χ3v) is 2.98. The summed E-state index contributed by atoms with van der Waals surface area (Å²) in [6, 6.07) is 8.63. The van der Waals surface area contributed by atoms with Gasteiger partial charge in [0.2, 0.25) is 0 Å². The van der Waals surface area contributed by atoms with Crippen LogP contribution in [0.15, 0.2) is 35.1 Å². The van der Waals surface area contributed by atoms with Crippen LogP contribution in [0.5, 0.6) is 0 Å². The second-order valence-corrected chi connectivity index (χ2v) is 5.14. The minimum Gasteiger partial charge on any atom is -0.463 e. The highest BCUT2D eigenvalue weighted by Gasteiger charge is 2.10. The molecule has 2 rings (SSSR count). The molecule has 0 aliphatic rings. The Hall–Kier alpha value is -2.63. The number of carbonyl (C=O) groups is 2. The summed E-state index contributed by atoms with van der Waals surface area (Å²) in [5.41, 5.74) is -0.150. The number of aromatic nitrogens is 1. The smallest absolute Gasteiger partial charge is 0.307 e. The Kier molecular flexibility index (Phi) is 4.93. The van der Waals surface area contributed by atoms with Gasteiger partial charge in [0.25, 0.3) is 11.5 Å². The first kappa shape index (κ1) is 15.8. The van der Waals surface area contributed by atoms with Crippen molar-refractivity contribution in [1.29, 1.82) is 0 Å². The average molecular weight is 302 g/mol. The summed E-state index contributed by atoms with van der Waals surface area (Å²) in [5.74, 6) is -0.803. The third-order valence-electron chi connectivity index (χ3n) is 2.98. The van der Waals surface area contributed by atoms with E-state index >= 15 is 0 Å². The molecule has 6 heteroatoms. The molecule has 0 radical (unpaired) electrons. The summed E-state index contributed by atoms with van der Waals surface area (Å²) < 4.78 is 4.97. The van der Waals surface area contributed by atoms with Gasteiger partial charge in [-0.25, -0.2) is 0 Å². The fourth-order valence-corrected chi connectivity index (χ4v) is 2.03. The predicted octanol–water partition coefficient (Wildman–Crippen LogP) is 1.60. The topological polar surface area (TPSA) is 88.3 Å². The first-order valence-electron chi connectivity index (χ1n) is 7.07. The van der Waals surface area contributed by atoms with Crippen molar-refractivity contribution in [2.75, 3.05) is 6.54 Å². The predicted molar refractivity (Wildman–Crippen MR) is 82.7 cm³/mol. The second kappa shape index (κ2) is 6.89. The monoisotopic (exact) mass is 302 g/mol. The zero-order chi connectivity index (χ0) is 16.1. The molecular weight excluding hydrogens is 284 g/mol. The number of hydrogen-bond donors (Lipinski definition) is 2.